The summed E-state index contributed by atoms with van der Waals surface area (Å²) < 4.78 is 5.08. The summed E-state index contributed by atoms with van der Waals surface area (Å²) in [5.41, 5.74) is 0. The van der Waals surface area contributed by atoms with E-state index >= 15 is 0 Å². The van der Waals surface area contributed by atoms with Crippen molar-refractivity contribution in [2.24, 2.45) is 5.92 Å². The molecule has 2 atom stereocenters. The monoisotopic (exact) mass is 269 g/mol. The molecule has 0 radical (unpaired) electrons. The second-order valence-corrected chi connectivity index (χ2v) is 5.19. The molecular weight excluding hydrogens is 254 g/mol. The van der Waals surface area contributed by atoms with Crippen LogP contribution >= 0.6 is 11.3 Å². The van der Waals surface area contributed by atoms with Gasteiger partial charge in [0.2, 0.25) is 0 Å². The molecule has 0 aliphatic heterocycles. The maximum atomic E-state index is 12.0. The van der Waals surface area contributed by atoms with Crippen LogP contribution in [-0.4, -0.2) is 30.1 Å². The average Bonchev–Trinajstić information content (AvgIpc) is 2.96. The Labute approximate surface area is 109 Å². The van der Waals surface area contributed by atoms with E-state index in [1.807, 2.05) is 0 Å². The summed E-state index contributed by atoms with van der Waals surface area (Å²) in [6, 6.07) is 1.45. The maximum absolute atomic E-state index is 12.0. The molecule has 1 aliphatic carbocycles. The van der Waals surface area contributed by atoms with E-state index in [1.165, 1.54) is 18.4 Å². The van der Waals surface area contributed by atoms with Crippen molar-refractivity contribution in [1.29, 1.82) is 0 Å². The van der Waals surface area contributed by atoms with Gasteiger partial charge in [-0.25, -0.2) is 0 Å². The molecule has 0 spiro atoms. The molecule has 0 bridgehead atoms. The first-order valence-electron chi connectivity index (χ1n) is 5.78. The normalized spacial score (nSPS) is 22.7. The van der Waals surface area contributed by atoms with Gasteiger partial charge in [0.1, 0.15) is 10.6 Å². The summed E-state index contributed by atoms with van der Waals surface area (Å²) in [4.78, 5) is 23.6. The third-order valence-electron chi connectivity index (χ3n) is 3.20. The Bertz CT molecular complexity index is 457. The molecule has 5 nitrogen and oxygen atoms in total. The van der Waals surface area contributed by atoms with Gasteiger partial charge in [0.25, 0.3) is 5.91 Å². The molecule has 2 unspecified atom stereocenters. The van der Waals surface area contributed by atoms with Crippen LogP contribution in [0.5, 0.6) is 5.75 Å². The molecule has 0 aromatic carbocycles. The van der Waals surface area contributed by atoms with Crippen molar-refractivity contribution in [2.45, 2.75) is 25.3 Å². The van der Waals surface area contributed by atoms with Crippen LogP contribution in [0.25, 0.3) is 0 Å². The van der Waals surface area contributed by atoms with Crippen LogP contribution in [0.15, 0.2) is 11.4 Å². The van der Waals surface area contributed by atoms with Gasteiger partial charge < -0.3 is 15.2 Å². The van der Waals surface area contributed by atoms with Crippen LogP contribution in [0.1, 0.15) is 28.9 Å². The van der Waals surface area contributed by atoms with Gasteiger partial charge in [0.15, 0.2) is 0 Å². The molecular formula is C12H15NO4S. The molecule has 18 heavy (non-hydrogen) atoms. The van der Waals surface area contributed by atoms with Gasteiger partial charge in [0, 0.05) is 6.04 Å². The molecule has 1 aliphatic rings. The lowest BCUT2D eigenvalue weighted by Crippen LogP contribution is -2.39. The number of rotatable bonds is 4. The highest BCUT2D eigenvalue weighted by Gasteiger charge is 2.34. The van der Waals surface area contributed by atoms with Crippen LogP contribution in [0.4, 0.5) is 0 Å². The Morgan fingerprint density at radius 3 is 2.94 bits per heavy atom. The van der Waals surface area contributed by atoms with Crippen LogP contribution in [0.3, 0.4) is 0 Å². The second kappa shape index (κ2) is 5.39. The zero-order valence-electron chi connectivity index (χ0n) is 10.0. The quantitative estimate of drug-likeness (QED) is 0.873. The van der Waals surface area contributed by atoms with E-state index in [0.29, 0.717) is 17.0 Å². The number of nitrogens with one attached hydrogen (secondary N) is 1. The van der Waals surface area contributed by atoms with E-state index in [1.54, 1.807) is 11.4 Å². The minimum atomic E-state index is -0.837. The zero-order valence-corrected chi connectivity index (χ0v) is 10.8. The molecule has 0 saturated heterocycles. The number of carbonyl (C=O) groups excluding carboxylic acids is 1. The second-order valence-electron chi connectivity index (χ2n) is 4.27. The van der Waals surface area contributed by atoms with E-state index in [4.69, 9.17) is 9.84 Å². The minimum Gasteiger partial charge on any atom is -0.495 e. The highest BCUT2D eigenvalue weighted by molar-refractivity contribution is 7.12. The first-order valence-corrected chi connectivity index (χ1v) is 6.66. The topological polar surface area (TPSA) is 75.6 Å². The molecule has 6 heteroatoms. The SMILES string of the molecule is COc1ccsc1C(=O)NC1CCCC1C(=O)O. The number of carboxylic acids is 1. The number of hydrogen-bond donors (Lipinski definition) is 2. The third-order valence-corrected chi connectivity index (χ3v) is 4.10. The zero-order chi connectivity index (χ0) is 13.1. The van der Waals surface area contributed by atoms with Gasteiger partial charge in [-0.3, -0.25) is 9.59 Å². The highest BCUT2D eigenvalue weighted by Crippen LogP contribution is 2.28. The Morgan fingerprint density at radius 1 is 1.50 bits per heavy atom. The van der Waals surface area contributed by atoms with Gasteiger partial charge in [0.05, 0.1) is 13.0 Å². The summed E-state index contributed by atoms with van der Waals surface area (Å²) in [7, 11) is 1.51. The van der Waals surface area contributed by atoms with Gasteiger partial charge in [-0.15, -0.1) is 11.3 Å². The highest BCUT2D eigenvalue weighted by atomic mass is 32.1. The van der Waals surface area contributed by atoms with E-state index in [-0.39, 0.29) is 11.9 Å². The number of ether oxygens (including phenoxy) is 1. The lowest BCUT2D eigenvalue weighted by Gasteiger charge is -2.17. The van der Waals surface area contributed by atoms with E-state index in [9.17, 15) is 9.59 Å². The molecule has 2 N–H and O–H groups in total. The summed E-state index contributed by atoms with van der Waals surface area (Å²) in [6.07, 6.45) is 2.18. The van der Waals surface area contributed by atoms with E-state index in [0.717, 1.165) is 12.8 Å². The summed E-state index contributed by atoms with van der Waals surface area (Å²) in [5.74, 6) is -1.03. The average molecular weight is 269 g/mol. The molecule has 1 heterocycles. The third kappa shape index (κ3) is 2.48. The number of carbonyl (C=O) groups is 2. The van der Waals surface area contributed by atoms with Crippen molar-refractivity contribution < 1.29 is 19.4 Å². The Balaban J connectivity index is 2.05. The Kier molecular flexibility index (Phi) is 3.86. The number of methoxy groups -OCH3 is 1. The Morgan fingerprint density at radius 2 is 2.28 bits per heavy atom. The van der Waals surface area contributed by atoms with Crippen molar-refractivity contribution in [3.63, 3.8) is 0 Å². The molecule has 1 amide bonds. The van der Waals surface area contributed by atoms with Gasteiger partial charge in [-0.2, -0.15) is 0 Å². The van der Waals surface area contributed by atoms with Crippen molar-refractivity contribution in [3.05, 3.63) is 16.3 Å². The number of thiophene rings is 1. The molecule has 98 valence electrons. The Hall–Kier alpha value is -1.56. The van der Waals surface area contributed by atoms with Crippen LogP contribution in [0, 0.1) is 5.92 Å². The van der Waals surface area contributed by atoms with Crippen LogP contribution in [-0.2, 0) is 4.79 Å². The van der Waals surface area contributed by atoms with Crippen LogP contribution in [0.2, 0.25) is 0 Å². The molecule has 1 saturated carbocycles. The van der Waals surface area contributed by atoms with Crippen molar-refractivity contribution >= 4 is 23.2 Å². The van der Waals surface area contributed by atoms with Crippen molar-refractivity contribution in [2.75, 3.05) is 7.11 Å². The lowest BCUT2D eigenvalue weighted by molar-refractivity contribution is -0.142. The first kappa shape index (κ1) is 12.9. The first-order chi connectivity index (χ1) is 8.63. The maximum Gasteiger partial charge on any atom is 0.308 e. The van der Waals surface area contributed by atoms with Gasteiger partial charge in [-0.1, -0.05) is 6.42 Å². The summed E-state index contributed by atoms with van der Waals surface area (Å²) in [6.45, 7) is 0. The van der Waals surface area contributed by atoms with Crippen molar-refractivity contribution in [3.8, 4) is 5.75 Å². The predicted octanol–water partition coefficient (Wildman–Crippen LogP) is 1.74. The van der Waals surface area contributed by atoms with Crippen molar-refractivity contribution in [1.82, 2.24) is 5.32 Å². The smallest absolute Gasteiger partial charge is 0.308 e. The van der Waals surface area contributed by atoms with Gasteiger partial charge in [-0.05, 0) is 24.3 Å². The van der Waals surface area contributed by atoms with E-state index in [2.05, 4.69) is 5.32 Å². The summed E-state index contributed by atoms with van der Waals surface area (Å²) >= 11 is 1.29. The van der Waals surface area contributed by atoms with Crippen LogP contribution < -0.4 is 10.1 Å². The van der Waals surface area contributed by atoms with E-state index < -0.39 is 11.9 Å². The molecule has 2 rings (SSSR count). The van der Waals surface area contributed by atoms with Gasteiger partial charge >= 0.3 is 5.97 Å². The molecule has 1 fully saturated rings. The number of hydrogen-bond acceptors (Lipinski definition) is 4. The number of carboxylic acid groups (broad SMARTS) is 1. The molecule has 1 aromatic rings. The molecule has 1 aromatic heterocycles. The lowest BCUT2D eigenvalue weighted by atomic mass is 10.0. The standard InChI is InChI=1S/C12H15NO4S/c1-17-9-5-6-18-10(9)11(14)13-8-4-2-3-7(8)12(15)16/h5-8H,2-4H2,1H3,(H,13,14)(H,15,16). The fraction of sp³-hybridized carbons (Fsp3) is 0.500. The number of amides is 1. The summed E-state index contributed by atoms with van der Waals surface area (Å²) in [5, 5.41) is 13.6. The minimum absolute atomic E-state index is 0.250. The number of aliphatic carboxylic acids is 1. The fourth-order valence-electron chi connectivity index (χ4n) is 2.29. The predicted molar refractivity (Wildman–Crippen MR) is 67.1 cm³/mol. The largest absolute Gasteiger partial charge is 0.495 e. The fourth-order valence-corrected chi connectivity index (χ4v) is 3.05.